The first kappa shape index (κ1) is 18.3. The predicted molar refractivity (Wildman–Crippen MR) is 108 cm³/mol. The molecule has 0 aromatic heterocycles. The van der Waals surface area contributed by atoms with Gasteiger partial charge in [0.05, 0.1) is 17.5 Å². The number of carbonyl (C=O) groups excluding carboxylic acids is 1. The van der Waals surface area contributed by atoms with Crippen LogP contribution in [0.25, 0.3) is 0 Å². The Morgan fingerprint density at radius 2 is 1.26 bits per heavy atom. The highest BCUT2D eigenvalue weighted by Gasteiger charge is 2.11. The van der Waals surface area contributed by atoms with Crippen LogP contribution in [0.15, 0.2) is 78.9 Å². The molecule has 3 rings (SSSR count). The Labute approximate surface area is 158 Å². The summed E-state index contributed by atoms with van der Waals surface area (Å²) in [6.45, 7) is 3.88. The first-order valence-electron chi connectivity index (χ1n) is 8.77. The molecule has 0 aliphatic carbocycles. The van der Waals surface area contributed by atoms with Gasteiger partial charge in [-0.2, -0.15) is 0 Å². The Hall–Kier alpha value is -3.47. The van der Waals surface area contributed by atoms with Gasteiger partial charge in [0.2, 0.25) is 0 Å². The normalized spacial score (nSPS) is 10.3. The number of amides is 2. The third-order valence-corrected chi connectivity index (χ3v) is 3.60. The van der Waals surface area contributed by atoms with E-state index in [1.165, 1.54) is 0 Å². The predicted octanol–water partition coefficient (Wildman–Crippen LogP) is 5.91. The van der Waals surface area contributed by atoms with Crippen LogP contribution in [0.4, 0.5) is 16.2 Å². The van der Waals surface area contributed by atoms with Gasteiger partial charge in [0.1, 0.15) is 11.5 Å². The van der Waals surface area contributed by atoms with E-state index < -0.39 is 0 Å². The summed E-state index contributed by atoms with van der Waals surface area (Å²) in [5.41, 5.74) is 1.17. The molecule has 0 saturated heterocycles. The number of carbonyl (C=O) groups is 1. The average Bonchev–Trinajstić information content (AvgIpc) is 2.65. The van der Waals surface area contributed by atoms with Crippen LogP contribution < -0.4 is 20.1 Å². The Balaban J connectivity index is 1.72. The van der Waals surface area contributed by atoms with Crippen molar-refractivity contribution in [1.29, 1.82) is 0 Å². The molecule has 5 heteroatoms. The van der Waals surface area contributed by atoms with Gasteiger partial charge < -0.3 is 20.1 Å². The van der Waals surface area contributed by atoms with Crippen LogP contribution in [0, 0.1) is 0 Å². The number of hydrogen-bond acceptors (Lipinski definition) is 3. The number of hydrogen-bond donors (Lipinski definition) is 2. The summed E-state index contributed by atoms with van der Waals surface area (Å²) in [5, 5.41) is 5.65. The fourth-order valence-corrected chi connectivity index (χ4v) is 2.48. The van der Waals surface area contributed by atoms with Crippen molar-refractivity contribution in [3.8, 4) is 17.2 Å². The second kappa shape index (κ2) is 8.76. The number of para-hydroxylation sites is 5. The summed E-state index contributed by atoms with van der Waals surface area (Å²) in [4.78, 5) is 12.5. The molecule has 0 bridgehead atoms. The molecule has 138 valence electrons. The lowest BCUT2D eigenvalue weighted by Crippen LogP contribution is -2.20. The smallest absolute Gasteiger partial charge is 0.323 e. The minimum Gasteiger partial charge on any atom is -0.489 e. The van der Waals surface area contributed by atoms with Crippen LogP contribution in [-0.2, 0) is 0 Å². The largest absolute Gasteiger partial charge is 0.489 e. The Morgan fingerprint density at radius 1 is 0.741 bits per heavy atom. The van der Waals surface area contributed by atoms with Crippen molar-refractivity contribution in [2.45, 2.75) is 20.0 Å². The Bertz CT molecular complexity index is 895. The fourth-order valence-electron chi connectivity index (χ4n) is 2.48. The molecule has 2 amide bonds. The van der Waals surface area contributed by atoms with E-state index in [-0.39, 0.29) is 12.1 Å². The maximum atomic E-state index is 12.5. The summed E-state index contributed by atoms with van der Waals surface area (Å²) in [6, 6.07) is 23.6. The second-order valence-electron chi connectivity index (χ2n) is 6.15. The van der Waals surface area contributed by atoms with E-state index in [4.69, 9.17) is 9.47 Å². The molecule has 0 unspecified atom stereocenters. The van der Waals surface area contributed by atoms with E-state index in [1.807, 2.05) is 74.5 Å². The summed E-state index contributed by atoms with van der Waals surface area (Å²) in [5.74, 6) is 1.88. The average molecular weight is 362 g/mol. The fraction of sp³-hybridized carbons (Fsp3) is 0.136. The van der Waals surface area contributed by atoms with Crippen molar-refractivity contribution in [1.82, 2.24) is 0 Å². The lowest BCUT2D eigenvalue weighted by molar-refractivity contribution is 0.243. The minimum atomic E-state index is -0.376. The molecule has 0 radical (unpaired) electrons. The van der Waals surface area contributed by atoms with E-state index in [0.29, 0.717) is 28.6 Å². The van der Waals surface area contributed by atoms with Gasteiger partial charge in [-0.25, -0.2) is 4.79 Å². The van der Waals surface area contributed by atoms with E-state index >= 15 is 0 Å². The molecule has 0 spiro atoms. The zero-order valence-electron chi connectivity index (χ0n) is 15.3. The molecule has 2 N–H and O–H groups in total. The van der Waals surface area contributed by atoms with Gasteiger partial charge in [-0.1, -0.05) is 42.5 Å². The lowest BCUT2D eigenvalue weighted by atomic mass is 10.2. The molecule has 0 heterocycles. The number of urea groups is 1. The standard InChI is InChI=1S/C22H22N2O3/c1-16(2)26-20-14-8-6-12-18(20)23-22(25)24-19-13-7-9-15-21(19)27-17-10-4-3-5-11-17/h3-16H,1-2H3,(H2,23,24,25). The van der Waals surface area contributed by atoms with E-state index in [9.17, 15) is 4.79 Å². The lowest BCUT2D eigenvalue weighted by Gasteiger charge is -2.16. The molecule has 0 fully saturated rings. The van der Waals surface area contributed by atoms with Gasteiger partial charge in [0.25, 0.3) is 0 Å². The highest BCUT2D eigenvalue weighted by molar-refractivity contribution is 6.01. The van der Waals surface area contributed by atoms with Crippen LogP contribution in [0.2, 0.25) is 0 Å². The van der Waals surface area contributed by atoms with Gasteiger partial charge in [0, 0.05) is 0 Å². The molecule has 3 aromatic rings. The zero-order chi connectivity index (χ0) is 19.1. The van der Waals surface area contributed by atoms with E-state index in [1.54, 1.807) is 18.2 Å². The van der Waals surface area contributed by atoms with Gasteiger partial charge in [-0.05, 0) is 50.2 Å². The Kier molecular flexibility index (Phi) is 5.94. The van der Waals surface area contributed by atoms with Crippen molar-refractivity contribution in [3.05, 3.63) is 78.9 Å². The number of nitrogens with one attached hydrogen (secondary N) is 2. The second-order valence-corrected chi connectivity index (χ2v) is 6.15. The quantitative estimate of drug-likeness (QED) is 0.573. The van der Waals surface area contributed by atoms with Crippen LogP contribution >= 0.6 is 0 Å². The van der Waals surface area contributed by atoms with Gasteiger partial charge in [-0.15, -0.1) is 0 Å². The van der Waals surface area contributed by atoms with Gasteiger partial charge in [-0.3, -0.25) is 0 Å². The van der Waals surface area contributed by atoms with Crippen LogP contribution in [0.1, 0.15) is 13.8 Å². The van der Waals surface area contributed by atoms with Crippen LogP contribution in [0.5, 0.6) is 17.2 Å². The van der Waals surface area contributed by atoms with Crippen molar-refractivity contribution in [3.63, 3.8) is 0 Å². The number of rotatable bonds is 6. The molecule has 3 aromatic carbocycles. The maximum absolute atomic E-state index is 12.5. The Morgan fingerprint density at radius 3 is 1.89 bits per heavy atom. The van der Waals surface area contributed by atoms with E-state index in [0.717, 1.165) is 0 Å². The molecule has 0 aliphatic rings. The maximum Gasteiger partial charge on any atom is 0.323 e. The topological polar surface area (TPSA) is 59.6 Å². The highest BCUT2D eigenvalue weighted by atomic mass is 16.5. The first-order chi connectivity index (χ1) is 13.1. The van der Waals surface area contributed by atoms with E-state index in [2.05, 4.69) is 10.6 Å². The molecule has 27 heavy (non-hydrogen) atoms. The third-order valence-electron chi connectivity index (χ3n) is 3.60. The van der Waals surface area contributed by atoms with Crippen LogP contribution in [-0.4, -0.2) is 12.1 Å². The highest BCUT2D eigenvalue weighted by Crippen LogP contribution is 2.30. The number of benzene rings is 3. The molecule has 0 saturated carbocycles. The summed E-state index contributed by atoms with van der Waals surface area (Å²) in [6.07, 6.45) is 0.0102. The minimum absolute atomic E-state index is 0.0102. The molecule has 0 atom stereocenters. The summed E-state index contributed by atoms with van der Waals surface area (Å²) < 4.78 is 11.6. The van der Waals surface area contributed by atoms with Crippen molar-refractivity contribution in [2.24, 2.45) is 0 Å². The molecule has 5 nitrogen and oxygen atoms in total. The first-order valence-corrected chi connectivity index (χ1v) is 8.77. The summed E-state index contributed by atoms with van der Waals surface area (Å²) >= 11 is 0. The van der Waals surface area contributed by atoms with Gasteiger partial charge in [0.15, 0.2) is 5.75 Å². The third kappa shape index (κ3) is 5.25. The summed E-state index contributed by atoms with van der Waals surface area (Å²) in [7, 11) is 0. The van der Waals surface area contributed by atoms with Crippen molar-refractivity contribution < 1.29 is 14.3 Å². The van der Waals surface area contributed by atoms with Crippen LogP contribution in [0.3, 0.4) is 0 Å². The van der Waals surface area contributed by atoms with Crippen molar-refractivity contribution >= 4 is 17.4 Å². The monoisotopic (exact) mass is 362 g/mol. The molecule has 0 aliphatic heterocycles. The SMILES string of the molecule is CC(C)Oc1ccccc1NC(=O)Nc1ccccc1Oc1ccccc1. The van der Waals surface area contributed by atoms with Gasteiger partial charge >= 0.3 is 6.03 Å². The zero-order valence-corrected chi connectivity index (χ0v) is 15.3. The number of ether oxygens (including phenoxy) is 2. The van der Waals surface area contributed by atoms with Crippen molar-refractivity contribution in [2.75, 3.05) is 10.6 Å². The number of anilines is 2. The molecular formula is C22H22N2O3. The molecular weight excluding hydrogens is 340 g/mol.